The summed E-state index contributed by atoms with van der Waals surface area (Å²) < 4.78 is 26.4. The maximum atomic E-state index is 14.6. The minimum Gasteiger partial charge on any atom is -0.480 e. The van der Waals surface area contributed by atoms with Crippen molar-refractivity contribution in [3.63, 3.8) is 0 Å². The molecule has 2 heterocycles. The van der Waals surface area contributed by atoms with Crippen molar-refractivity contribution in [3.05, 3.63) is 47.8 Å². The first kappa shape index (κ1) is 55.4. The van der Waals surface area contributed by atoms with E-state index in [2.05, 4.69) is 10.6 Å². The van der Waals surface area contributed by atoms with Crippen LogP contribution in [0.25, 0.3) is 0 Å². The number of carboxylic acids is 1. The summed E-state index contributed by atoms with van der Waals surface area (Å²) in [7, 11) is 6.16. The van der Waals surface area contributed by atoms with Gasteiger partial charge in [-0.05, 0) is 61.0 Å². The predicted octanol–water partition coefficient (Wildman–Crippen LogP) is 3.97. The van der Waals surface area contributed by atoms with Crippen molar-refractivity contribution in [3.8, 4) is 0 Å². The Bertz CT molecular complexity index is 2000. The number of imide groups is 1. The molecule has 0 spiro atoms. The van der Waals surface area contributed by atoms with Gasteiger partial charge in [-0.3, -0.25) is 38.5 Å². The molecule has 378 valence electrons. The van der Waals surface area contributed by atoms with Gasteiger partial charge in [0.15, 0.2) is 0 Å². The molecule has 4 rings (SSSR count). The topological polar surface area (TPSA) is 212 Å². The summed E-state index contributed by atoms with van der Waals surface area (Å²) in [6.45, 7) is 13.1. The van der Waals surface area contributed by atoms with E-state index in [1.807, 2.05) is 41.5 Å². The molecular formula is C50H75FN6O11. The van der Waals surface area contributed by atoms with Crippen LogP contribution in [0.2, 0.25) is 0 Å². The van der Waals surface area contributed by atoms with E-state index in [0.29, 0.717) is 32.1 Å². The largest absolute Gasteiger partial charge is 0.480 e. The zero-order valence-electron chi connectivity index (χ0n) is 41.7. The Morgan fingerprint density at radius 3 is 2.06 bits per heavy atom. The summed E-state index contributed by atoms with van der Waals surface area (Å²) in [5.41, 5.74) is 0.147. The third-order valence-electron chi connectivity index (χ3n) is 14.2. The van der Waals surface area contributed by atoms with Crippen molar-refractivity contribution in [2.75, 3.05) is 34.9 Å². The minimum absolute atomic E-state index is 0.0805. The maximum absolute atomic E-state index is 14.6. The lowest BCUT2D eigenvalue weighted by molar-refractivity contribution is -0.149. The number of hydrogen-bond donors (Lipinski definition) is 3. The van der Waals surface area contributed by atoms with Crippen LogP contribution in [0, 0.1) is 35.4 Å². The lowest BCUT2D eigenvalue weighted by atomic mass is 9.89. The summed E-state index contributed by atoms with van der Waals surface area (Å²) in [4.78, 5) is 112. The Hall–Kier alpha value is -5.23. The number of ether oxygens (including phenoxy) is 2. The number of carbonyl (C=O) groups is 8. The van der Waals surface area contributed by atoms with Gasteiger partial charge in [-0.25, -0.2) is 9.18 Å². The fraction of sp³-hybridized carbons (Fsp3) is 0.680. The molecule has 1 saturated heterocycles. The van der Waals surface area contributed by atoms with Crippen LogP contribution < -0.4 is 10.6 Å². The molecule has 1 aromatic rings. The van der Waals surface area contributed by atoms with Crippen LogP contribution in [0.4, 0.5) is 4.39 Å². The van der Waals surface area contributed by atoms with E-state index in [1.54, 1.807) is 36.9 Å². The molecule has 0 radical (unpaired) electrons. The van der Waals surface area contributed by atoms with Crippen molar-refractivity contribution >= 4 is 47.3 Å². The molecule has 3 N–H and O–H groups in total. The normalized spacial score (nSPS) is 21.1. The first-order chi connectivity index (χ1) is 32.1. The third-order valence-corrected chi connectivity index (χ3v) is 14.2. The van der Waals surface area contributed by atoms with Crippen LogP contribution in [0.1, 0.15) is 105 Å². The van der Waals surface area contributed by atoms with Crippen LogP contribution in [-0.4, -0.2) is 155 Å². The molecule has 0 bridgehead atoms. The Morgan fingerprint density at radius 1 is 0.853 bits per heavy atom. The number of halogens is 1. The second-order valence-corrected chi connectivity index (χ2v) is 19.6. The van der Waals surface area contributed by atoms with Crippen molar-refractivity contribution in [1.82, 2.24) is 30.2 Å². The summed E-state index contributed by atoms with van der Waals surface area (Å²) in [5, 5.41) is 15.5. The van der Waals surface area contributed by atoms with Crippen LogP contribution in [0.3, 0.4) is 0 Å². The first-order valence-corrected chi connectivity index (χ1v) is 24.1. The number of carbonyl (C=O) groups excluding carboxylic acids is 7. The molecular weight excluding hydrogens is 880 g/mol. The van der Waals surface area contributed by atoms with E-state index in [9.17, 15) is 47.9 Å². The first-order valence-electron chi connectivity index (χ1n) is 24.1. The zero-order chi connectivity index (χ0) is 50.7. The molecule has 2 aliphatic heterocycles. The van der Waals surface area contributed by atoms with Crippen LogP contribution >= 0.6 is 0 Å². The number of likely N-dealkylation sites (N-methyl/N-ethyl adjacent to an activating group) is 2. The molecule has 0 aromatic heterocycles. The number of likely N-dealkylation sites (tertiary alicyclic amines) is 1. The smallest absolute Gasteiger partial charge is 0.326 e. The molecule has 3 aliphatic rings. The predicted molar refractivity (Wildman–Crippen MR) is 251 cm³/mol. The number of benzene rings is 1. The highest BCUT2D eigenvalue weighted by Crippen LogP contribution is 2.50. The zero-order valence-corrected chi connectivity index (χ0v) is 41.7. The molecule has 1 aliphatic carbocycles. The standard InChI is InChI=1S/C50H75FN6O11/c1-12-30(6)45(55(9)49(64)43(28(2)3)53-48(63)44(29(4)5)54(8)39(58)20-14-13-17-23-56-40(59)21-22-41(56)60)38(67-10)27-42(61)57-36-25-33(36)26-37(57)46(68-11)31(7)47(62)52-35(50(65)66)24-32-18-15-16-19-34(32)51/h15-16,18-19,21-22,28-31,33,35-38,43-46H,12-14,17,20,23-27H2,1-11H3,(H,52,62)(H,53,63)(H,65,66)/t30-,31+,33-,35-,36-,37-,38+,43-,44-,45?,46?/m0/s1. The second-order valence-electron chi connectivity index (χ2n) is 19.6. The molecule has 1 saturated carbocycles. The van der Waals surface area contributed by atoms with E-state index >= 15 is 0 Å². The highest BCUT2D eigenvalue weighted by Gasteiger charge is 2.57. The average Bonchev–Trinajstić information content (AvgIpc) is 3.84. The van der Waals surface area contributed by atoms with Gasteiger partial charge >= 0.3 is 5.97 Å². The Morgan fingerprint density at radius 2 is 1.50 bits per heavy atom. The number of carboxylic acid groups (broad SMARTS) is 1. The number of fused-ring (bicyclic) bond motifs is 1. The minimum atomic E-state index is -1.40. The maximum Gasteiger partial charge on any atom is 0.326 e. The quantitative estimate of drug-likeness (QED) is 0.0849. The van der Waals surface area contributed by atoms with E-state index < -0.39 is 71.9 Å². The molecule has 11 atom stereocenters. The summed E-state index contributed by atoms with van der Waals surface area (Å²) in [6, 6.07) is 1.30. The van der Waals surface area contributed by atoms with Gasteiger partial charge in [-0.1, -0.05) is 79.5 Å². The molecule has 7 amide bonds. The Balaban J connectivity index is 1.44. The molecule has 2 fully saturated rings. The number of amides is 7. The lowest BCUT2D eigenvalue weighted by Crippen LogP contribution is -2.60. The van der Waals surface area contributed by atoms with Gasteiger partial charge in [0, 0.05) is 65.9 Å². The lowest BCUT2D eigenvalue weighted by Gasteiger charge is -2.41. The highest BCUT2D eigenvalue weighted by molar-refractivity contribution is 6.12. The van der Waals surface area contributed by atoms with Gasteiger partial charge in [0.25, 0.3) is 11.8 Å². The number of unbranched alkanes of at least 4 members (excludes halogenated alkanes) is 2. The summed E-state index contributed by atoms with van der Waals surface area (Å²) in [6.07, 6.45) is 4.31. The molecule has 18 heteroatoms. The van der Waals surface area contributed by atoms with E-state index in [4.69, 9.17) is 9.47 Å². The number of piperidine rings is 1. The molecule has 17 nitrogen and oxygen atoms in total. The molecule has 68 heavy (non-hydrogen) atoms. The van der Waals surface area contributed by atoms with Gasteiger partial charge < -0.3 is 39.9 Å². The Kier molecular flexibility index (Phi) is 20.3. The van der Waals surface area contributed by atoms with E-state index in [-0.39, 0.29) is 90.6 Å². The molecule has 1 aromatic carbocycles. The Labute approximate surface area is 400 Å². The third kappa shape index (κ3) is 13.5. The van der Waals surface area contributed by atoms with Crippen molar-refractivity contribution < 1.29 is 57.3 Å². The van der Waals surface area contributed by atoms with Gasteiger partial charge in [-0.2, -0.15) is 0 Å². The molecule has 2 unspecified atom stereocenters. The van der Waals surface area contributed by atoms with Gasteiger partial charge in [-0.15, -0.1) is 0 Å². The van der Waals surface area contributed by atoms with Gasteiger partial charge in [0.2, 0.25) is 29.5 Å². The van der Waals surface area contributed by atoms with Crippen LogP contribution in [-0.2, 0) is 54.3 Å². The number of aliphatic carboxylic acids is 1. The number of methoxy groups -OCH3 is 2. The highest BCUT2D eigenvalue weighted by atomic mass is 19.1. The van der Waals surface area contributed by atoms with Crippen molar-refractivity contribution in [2.24, 2.45) is 29.6 Å². The monoisotopic (exact) mass is 955 g/mol. The van der Waals surface area contributed by atoms with E-state index in [0.717, 1.165) is 11.3 Å². The van der Waals surface area contributed by atoms with Gasteiger partial charge in [0.05, 0.1) is 36.6 Å². The van der Waals surface area contributed by atoms with E-state index in [1.165, 1.54) is 49.5 Å². The van der Waals surface area contributed by atoms with Crippen LogP contribution in [0.15, 0.2) is 36.4 Å². The number of rotatable bonds is 27. The van der Waals surface area contributed by atoms with Crippen molar-refractivity contribution in [1.29, 1.82) is 0 Å². The number of nitrogens with one attached hydrogen (secondary N) is 2. The van der Waals surface area contributed by atoms with Crippen LogP contribution in [0.5, 0.6) is 0 Å². The summed E-state index contributed by atoms with van der Waals surface area (Å²) in [5.74, 6) is -6.07. The van der Waals surface area contributed by atoms with Crippen molar-refractivity contribution in [2.45, 2.75) is 155 Å². The fourth-order valence-electron chi connectivity index (χ4n) is 10.00. The number of hydrogen-bond acceptors (Lipinski definition) is 10. The fourth-order valence-corrected chi connectivity index (χ4v) is 10.00. The number of nitrogens with zero attached hydrogens (tertiary/aromatic N) is 4. The SMILES string of the molecule is CC[C@H](C)C([C@@H](CC(=O)N1[C@H](C(OC)[C@@H](C)C(=O)N[C@@H](Cc2ccccc2F)C(=O)O)C[C@@H]2C[C@@H]21)OC)N(C)C(=O)[C@@H](NC(=O)[C@H](C(C)C)N(C)C(=O)CCCCCN1C(=O)C=CC1=O)C(C)C. The van der Waals surface area contributed by atoms with Gasteiger partial charge in [0.1, 0.15) is 23.9 Å². The summed E-state index contributed by atoms with van der Waals surface area (Å²) >= 11 is 0. The average molecular weight is 955 g/mol. The second kappa shape index (κ2) is 24.9.